The minimum atomic E-state index is -0.416. The molecule has 0 bridgehead atoms. The van der Waals surface area contributed by atoms with Gasteiger partial charge >= 0.3 is 5.97 Å². The Hall–Kier alpha value is -2.08. The lowest BCUT2D eigenvalue weighted by molar-refractivity contribution is -0.121. The van der Waals surface area contributed by atoms with Crippen LogP contribution < -0.4 is 0 Å². The predicted octanol–water partition coefficient (Wildman–Crippen LogP) is 2.14. The lowest BCUT2D eigenvalue weighted by Gasteiger charge is -2.01. The highest BCUT2D eigenvalue weighted by Gasteiger charge is 2.31. The van der Waals surface area contributed by atoms with E-state index in [1.807, 2.05) is 0 Å². The van der Waals surface area contributed by atoms with E-state index in [-0.39, 0.29) is 11.1 Å². The summed E-state index contributed by atoms with van der Waals surface area (Å²) in [6, 6.07) is 6.59. The van der Waals surface area contributed by atoms with E-state index in [0.717, 1.165) is 22.2 Å². The van der Waals surface area contributed by atoms with Crippen molar-refractivity contribution in [2.24, 2.45) is 0 Å². The monoisotopic (exact) mass is 277 g/mol. The smallest absolute Gasteiger partial charge is 0.337 e. The first-order chi connectivity index (χ1) is 9.02. The third-order valence-electron chi connectivity index (χ3n) is 2.62. The summed E-state index contributed by atoms with van der Waals surface area (Å²) in [5.74, 6) is -0.729. The quantitative estimate of drug-likeness (QED) is 0.612. The van der Waals surface area contributed by atoms with E-state index in [1.54, 1.807) is 30.3 Å². The minimum absolute atomic E-state index is 0.289. The third-order valence-corrected chi connectivity index (χ3v) is 3.58. The zero-order valence-electron chi connectivity index (χ0n) is 10.4. The molecule has 0 radical (unpaired) electrons. The van der Waals surface area contributed by atoms with Gasteiger partial charge < -0.3 is 4.74 Å². The molecule has 19 heavy (non-hydrogen) atoms. The number of hydrogen-bond acceptors (Lipinski definition) is 5. The van der Waals surface area contributed by atoms with Gasteiger partial charge in [-0.15, -0.1) is 0 Å². The summed E-state index contributed by atoms with van der Waals surface area (Å²) in [5.41, 5.74) is 1.18. The molecule has 0 N–H and O–H groups in total. The topological polar surface area (TPSA) is 63.7 Å². The molecule has 98 valence electrons. The number of nitrogens with zero attached hydrogens (tertiary/aromatic N) is 1. The second kappa shape index (κ2) is 5.27. The Morgan fingerprint density at radius 2 is 1.89 bits per heavy atom. The molecule has 2 rings (SSSR count). The third kappa shape index (κ3) is 2.68. The Labute approximate surface area is 114 Å². The average Bonchev–Trinajstić information content (AvgIpc) is 2.66. The number of hydrogen-bond donors (Lipinski definition) is 0. The van der Waals surface area contributed by atoms with Crippen molar-refractivity contribution in [1.82, 2.24) is 4.90 Å². The number of methoxy groups -OCH3 is 1. The molecule has 1 aliphatic heterocycles. The van der Waals surface area contributed by atoms with Crippen LogP contribution in [-0.2, 0) is 9.53 Å². The molecule has 0 saturated carbocycles. The first-order valence-electron chi connectivity index (χ1n) is 5.43. The summed E-state index contributed by atoms with van der Waals surface area (Å²) < 4.78 is 4.59. The molecule has 1 heterocycles. The SMILES string of the molecule is COC(=O)c1ccc(/C=C2\SC(=O)N(C)C2=O)cc1. The Morgan fingerprint density at radius 1 is 1.26 bits per heavy atom. The summed E-state index contributed by atoms with van der Waals surface area (Å²) >= 11 is 0.899. The second-order valence-corrected chi connectivity index (χ2v) is 4.85. The van der Waals surface area contributed by atoms with E-state index in [2.05, 4.69) is 4.74 Å². The predicted molar refractivity (Wildman–Crippen MR) is 71.5 cm³/mol. The van der Waals surface area contributed by atoms with E-state index in [0.29, 0.717) is 10.5 Å². The highest BCUT2D eigenvalue weighted by atomic mass is 32.2. The lowest BCUT2D eigenvalue weighted by Crippen LogP contribution is -2.22. The Kier molecular flexibility index (Phi) is 3.71. The lowest BCUT2D eigenvalue weighted by atomic mass is 10.1. The van der Waals surface area contributed by atoms with E-state index >= 15 is 0 Å². The van der Waals surface area contributed by atoms with Gasteiger partial charge in [-0.25, -0.2) is 4.79 Å². The summed E-state index contributed by atoms with van der Waals surface area (Å²) in [5, 5.41) is -0.289. The van der Waals surface area contributed by atoms with Crippen LogP contribution in [0.4, 0.5) is 4.79 Å². The molecule has 1 saturated heterocycles. The maximum absolute atomic E-state index is 11.7. The summed E-state index contributed by atoms with van der Waals surface area (Å²) in [4.78, 5) is 35.7. The van der Waals surface area contributed by atoms with E-state index in [1.165, 1.54) is 14.2 Å². The van der Waals surface area contributed by atoms with Crippen molar-refractivity contribution in [2.45, 2.75) is 0 Å². The molecular formula is C13H11NO4S. The molecule has 2 amide bonds. The van der Waals surface area contributed by atoms with Gasteiger partial charge in [-0.2, -0.15) is 0 Å². The van der Waals surface area contributed by atoms with Crippen LogP contribution in [0.1, 0.15) is 15.9 Å². The maximum atomic E-state index is 11.7. The van der Waals surface area contributed by atoms with E-state index < -0.39 is 5.97 Å². The van der Waals surface area contributed by atoms with Crippen molar-refractivity contribution < 1.29 is 19.1 Å². The van der Waals surface area contributed by atoms with Gasteiger partial charge in [0.05, 0.1) is 17.6 Å². The summed E-state index contributed by atoms with van der Waals surface area (Å²) in [6.07, 6.45) is 1.62. The van der Waals surface area contributed by atoms with Crippen LogP contribution in [0.15, 0.2) is 29.2 Å². The zero-order chi connectivity index (χ0) is 14.0. The largest absolute Gasteiger partial charge is 0.465 e. The van der Waals surface area contributed by atoms with E-state index in [9.17, 15) is 14.4 Å². The average molecular weight is 277 g/mol. The second-order valence-electron chi connectivity index (χ2n) is 3.85. The standard InChI is InChI=1S/C13H11NO4S/c1-14-11(15)10(19-13(14)17)7-8-3-5-9(6-4-8)12(16)18-2/h3-7H,1-2H3/b10-7-. The van der Waals surface area contributed by atoms with Gasteiger partial charge in [0.25, 0.3) is 11.1 Å². The molecule has 0 atom stereocenters. The minimum Gasteiger partial charge on any atom is -0.465 e. The molecule has 5 nitrogen and oxygen atoms in total. The van der Waals surface area contributed by atoms with Crippen LogP contribution in [0.25, 0.3) is 6.08 Å². The Balaban J connectivity index is 2.23. The van der Waals surface area contributed by atoms with Gasteiger partial charge in [-0.05, 0) is 35.5 Å². The van der Waals surface area contributed by atoms with E-state index in [4.69, 9.17) is 0 Å². The summed E-state index contributed by atoms with van der Waals surface area (Å²) in [7, 11) is 2.76. The van der Waals surface area contributed by atoms with Crippen molar-refractivity contribution in [3.05, 3.63) is 40.3 Å². The fraction of sp³-hybridized carbons (Fsp3) is 0.154. The molecule has 1 aromatic rings. The number of esters is 1. The molecule has 1 fully saturated rings. The Bertz CT molecular complexity index is 577. The zero-order valence-corrected chi connectivity index (χ0v) is 11.2. The molecule has 0 aliphatic carbocycles. The first-order valence-corrected chi connectivity index (χ1v) is 6.24. The van der Waals surface area contributed by atoms with Gasteiger partial charge in [0.15, 0.2) is 0 Å². The Morgan fingerprint density at radius 3 is 2.37 bits per heavy atom. The van der Waals surface area contributed by atoms with Crippen LogP contribution in [0.2, 0.25) is 0 Å². The molecule has 1 aliphatic rings. The molecule has 0 spiro atoms. The first kappa shape index (κ1) is 13.4. The fourth-order valence-electron chi connectivity index (χ4n) is 1.53. The van der Waals surface area contributed by atoms with Crippen molar-refractivity contribution >= 4 is 35.0 Å². The van der Waals surface area contributed by atoms with Gasteiger partial charge in [0, 0.05) is 7.05 Å². The number of amides is 2. The van der Waals surface area contributed by atoms with Crippen molar-refractivity contribution in [3.63, 3.8) is 0 Å². The number of likely N-dealkylation sites (N-methyl/N-ethyl adjacent to an activating group) is 1. The normalized spacial score (nSPS) is 17.2. The van der Waals surface area contributed by atoms with Gasteiger partial charge in [-0.3, -0.25) is 14.5 Å². The highest BCUT2D eigenvalue weighted by Crippen LogP contribution is 2.30. The van der Waals surface area contributed by atoms with Crippen LogP contribution in [0.5, 0.6) is 0 Å². The number of carbonyl (C=O) groups excluding carboxylic acids is 3. The number of ether oxygens (including phenoxy) is 1. The molecule has 1 aromatic carbocycles. The van der Waals surface area contributed by atoms with Crippen LogP contribution >= 0.6 is 11.8 Å². The van der Waals surface area contributed by atoms with Gasteiger partial charge in [0.1, 0.15) is 0 Å². The van der Waals surface area contributed by atoms with Crippen molar-refractivity contribution in [2.75, 3.05) is 14.2 Å². The number of thioether (sulfide) groups is 1. The molecule has 0 unspecified atom stereocenters. The number of carbonyl (C=O) groups is 3. The van der Waals surface area contributed by atoms with Crippen molar-refractivity contribution in [3.8, 4) is 0 Å². The highest BCUT2D eigenvalue weighted by molar-refractivity contribution is 8.18. The van der Waals surface area contributed by atoms with Gasteiger partial charge in [-0.1, -0.05) is 12.1 Å². The summed E-state index contributed by atoms with van der Waals surface area (Å²) in [6.45, 7) is 0. The van der Waals surface area contributed by atoms with Crippen LogP contribution in [0, 0.1) is 0 Å². The van der Waals surface area contributed by atoms with Crippen LogP contribution in [0.3, 0.4) is 0 Å². The van der Waals surface area contributed by atoms with Crippen LogP contribution in [-0.4, -0.2) is 36.2 Å². The maximum Gasteiger partial charge on any atom is 0.337 e. The van der Waals surface area contributed by atoms with Crippen molar-refractivity contribution in [1.29, 1.82) is 0 Å². The molecule has 0 aromatic heterocycles. The molecular weight excluding hydrogens is 266 g/mol. The van der Waals surface area contributed by atoms with Gasteiger partial charge in [0.2, 0.25) is 0 Å². The number of imide groups is 1. The molecule has 6 heteroatoms. The fourth-order valence-corrected chi connectivity index (χ4v) is 2.36. The number of rotatable bonds is 2. The number of benzene rings is 1.